The number of aliphatic hydroxyl groups is 1. The molecule has 1 aromatic rings. The smallest absolute Gasteiger partial charge is 0.244 e. The summed E-state index contributed by atoms with van der Waals surface area (Å²) in [5.41, 5.74) is 0. The Morgan fingerprint density at radius 3 is 2.70 bits per heavy atom. The van der Waals surface area contributed by atoms with E-state index in [9.17, 15) is 8.42 Å². The van der Waals surface area contributed by atoms with Crippen molar-refractivity contribution in [1.82, 2.24) is 4.72 Å². The number of nitrogens with one attached hydrogen (secondary N) is 1. The van der Waals surface area contributed by atoms with Gasteiger partial charge in [0.1, 0.15) is 10.6 Å². The molecule has 1 unspecified atom stereocenters. The average molecular weight is 366 g/mol. The summed E-state index contributed by atoms with van der Waals surface area (Å²) in [5, 5.41) is 8.93. The fraction of sp³-hybridized carbons (Fsp3) is 0.538. The van der Waals surface area contributed by atoms with Crippen molar-refractivity contribution >= 4 is 26.0 Å². The van der Waals surface area contributed by atoms with Crippen molar-refractivity contribution in [3.8, 4) is 5.75 Å². The molecule has 0 bridgehead atoms. The van der Waals surface area contributed by atoms with Gasteiger partial charge in [-0.2, -0.15) is 0 Å². The second kappa shape index (κ2) is 7.97. The van der Waals surface area contributed by atoms with Crippen LogP contribution in [0.25, 0.3) is 0 Å². The lowest BCUT2D eigenvalue weighted by Gasteiger charge is -2.16. The van der Waals surface area contributed by atoms with Gasteiger partial charge in [0.2, 0.25) is 10.0 Å². The Hall–Kier alpha value is -0.630. The number of methoxy groups -OCH3 is 1. The molecule has 20 heavy (non-hydrogen) atoms. The van der Waals surface area contributed by atoms with Crippen LogP contribution in [0, 0.1) is 5.92 Å². The lowest BCUT2D eigenvalue weighted by molar-refractivity contribution is 0.254. The number of hydrogen-bond donors (Lipinski definition) is 2. The summed E-state index contributed by atoms with van der Waals surface area (Å²) in [6.45, 7) is 2.32. The van der Waals surface area contributed by atoms with E-state index in [1.54, 1.807) is 12.1 Å². The molecule has 0 aromatic heterocycles. The SMILES string of the molecule is CCC(CCO)CNS(=O)(=O)c1cc(Br)ccc1OC. The van der Waals surface area contributed by atoms with E-state index < -0.39 is 10.0 Å². The highest BCUT2D eigenvalue weighted by Crippen LogP contribution is 2.27. The Kier molecular flexibility index (Phi) is 6.94. The van der Waals surface area contributed by atoms with Crippen LogP contribution in [-0.2, 0) is 10.0 Å². The second-order valence-corrected chi connectivity index (χ2v) is 7.08. The minimum atomic E-state index is -3.64. The van der Waals surface area contributed by atoms with Crippen LogP contribution in [0.4, 0.5) is 0 Å². The van der Waals surface area contributed by atoms with Gasteiger partial charge in [-0.05, 0) is 30.5 Å². The fourth-order valence-electron chi connectivity index (χ4n) is 1.80. The third kappa shape index (κ3) is 4.73. The van der Waals surface area contributed by atoms with E-state index in [4.69, 9.17) is 9.84 Å². The van der Waals surface area contributed by atoms with Gasteiger partial charge in [-0.25, -0.2) is 13.1 Å². The van der Waals surface area contributed by atoms with E-state index in [1.165, 1.54) is 13.2 Å². The molecule has 1 atom stereocenters. The van der Waals surface area contributed by atoms with Gasteiger partial charge in [-0.3, -0.25) is 0 Å². The quantitative estimate of drug-likeness (QED) is 0.739. The average Bonchev–Trinajstić information content (AvgIpc) is 2.43. The lowest BCUT2D eigenvalue weighted by atomic mass is 10.0. The molecule has 7 heteroatoms. The molecule has 0 saturated heterocycles. The van der Waals surface area contributed by atoms with Crippen molar-refractivity contribution in [3.05, 3.63) is 22.7 Å². The zero-order chi connectivity index (χ0) is 15.2. The van der Waals surface area contributed by atoms with Gasteiger partial charge in [0.25, 0.3) is 0 Å². The topological polar surface area (TPSA) is 75.6 Å². The minimum Gasteiger partial charge on any atom is -0.495 e. The van der Waals surface area contributed by atoms with Gasteiger partial charge in [-0.15, -0.1) is 0 Å². The monoisotopic (exact) mass is 365 g/mol. The first-order valence-electron chi connectivity index (χ1n) is 6.38. The first kappa shape index (κ1) is 17.4. The summed E-state index contributed by atoms with van der Waals surface area (Å²) in [6.07, 6.45) is 1.38. The Labute approximate surface area is 128 Å². The van der Waals surface area contributed by atoms with Crippen LogP contribution in [0.15, 0.2) is 27.6 Å². The number of aliphatic hydroxyl groups excluding tert-OH is 1. The second-order valence-electron chi connectivity index (χ2n) is 4.43. The van der Waals surface area contributed by atoms with Gasteiger partial charge in [0.15, 0.2) is 0 Å². The van der Waals surface area contributed by atoms with E-state index in [2.05, 4.69) is 20.7 Å². The molecule has 1 rings (SSSR count). The van der Waals surface area contributed by atoms with Crippen molar-refractivity contribution in [2.45, 2.75) is 24.7 Å². The highest BCUT2D eigenvalue weighted by molar-refractivity contribution is 9.10. The molecule has 0 saturated carbocycles. The molecule has 0 spiro atoms. The molecule has 0 radical (unpaired) electrons. The summed E-state index contributed by atoms with van der Waals surface area (Å²) >= 11 is 3.26. The number of hydrogen-bond acceptors (Lipinski definition) is 4. The van der Waals surface area contributed by atoms with Crippen LogP contribution in [0.1, 0.15) is 19.8 Å². The molecule has 0 heterocycles. The van der Waals surface area contributed by atoms with Gasteiger partial charge in [0, 0.05) is 17.6 Å². The van der Waals surface area contributed by atoms with Crippen molar-refractivity contribution in [3.63, 3.8) is 0 Å². The zero-order valence-corrected chi connectivity index (χ0v) is 14.0. The third-order valence-corrected chi connectivity index (χ3v) is 5.03. The summed E-state index contributed by atoms with van der Waals surface area (Å²) in [6, 6.07) is 4.83. The van der Waals surface area contributed by atoms with E-state index in [1.807, 2.05) is 6.92 Å². The molecule has 0 fully saturated rings. The molecule has 2 N–H and O–H groups in total. The predicted molar refractivity (Wildman–Crippen MR) is 81.4 cm³/mol. The fourth-order valence-corrected chi connectivity index (χ4v) is 3.62. The van der Waals surface area contributed by atoms with Crippen molar-refractivity contribution in [1.29, 1.82) is 0 Å². The maximum Gasteiger partial charge on any atom is 0.244 e. The molecule has 0 aliphatic rings. The van der Waals surface area contributed by atoms with E-state index in [0.29, 0.717) is 23.2 Å². The molecule has 114 valence electrons. The molecule has 0 aliphatic heterocycles. The van der Waals surface area contributed by atoms with Crippen LogP contribution in [0.5, 0.6) is 5.75 Å². The Bertz CT molecular complexity index is 533. The van der Waals surface area contributed by atoms with E-state index in [-0.39, 0.29) is 17.4 Å². The molecule has 5 nitrogen and oxygen atoms in total. The van der Waals surface area contributed by atoms with Crippen LogP contribution in [0.2, 0.25) is 0 Å². The maximum atomic E-state index is 12.3. The van der Waals surface area contributed by atoms with Gasteiger partial charge in [-0.1, -0.05) is 29.3 Å². The largest absolute Gasteiger partial charge is 0.495 e. The van der Waals surface area contributed by atoms with Crippen molar-refractivity contribution in [2.75, 3.05) is 20.3 Å². The predicted octanol–water partition coefficient (Wildman–Crippen LogP) is 2.14. The van der Waals surface area contributed by atoms with Gasteiger partial charge < -0.3 is 9.84 Å². The Balaban J connectivity index is 2.91. The summed E-state index contributed by atoms with van der Waals surface area (Å²) in [7, 11) is -2.20. The summed E-state index contributed by atoms with van der Waals surface area (Å²) in [5.74, 6) is 0.420. The number of sulfonamides is 1. The van der Waals surface area contributed by atoms with Gasteiger partial charge >= 0.3 is 0 Å². The highest BCUT2D eigenvalue weighted by atomic mass is 79.9. The van der Waals surface area contributed by atoms with Gasteiger partial charge in [0.05, 0.1) is 7.11 Å². The third-order valence-electron chi connectivity index (χ3n) is 3.09. The first-order chi connectivity index (χ1) is 9.44. The summed E-state index contributed by atoms with van der Waals surface area (Å²) in [4.78, 5) is 0.105. The normalized spacial score (nSPS) is 13.2. The maximum absolute atomic E-state index is 12.3. The minimum absolute atomic E-state index is 0.0560. The standard InChI is InChI=1S/C13H20BrNO4S/c1-3-10(6-7-16)9-15-20(17,18)13-8-11(14)4-5-12(13)19-2/h4-5,8,10,15-16H,3,6-7,9H2,1-2H3. The van der Waals surface area contributed by atoms with Crippen LogP contribution in [-0.4, -0.2) is 33.8 Å². The van der Waals surface area contributed by atoms with Crippen LogP contribution in [0.3, 0.4) is 0 Å². The van der Waals surface area contributed by atoms with Crippen molar-refractivity contribution < 1.29 is 18.3 Å². The Morgan fingerprint density at radius 2 is 2.15 bits per heavy atom. The molecule has 1 aromatic carbocycles. The number of benzene rings is 1. The van der Waals surface area contributed by atoms with E-state index in [0.717, 1.165) is 6.42 Å². The molecule has 0 amide bonds. The van der Waals surface area contributed by atoms with E-state index >= 15 is 0 Å². The van der Waals surface area contributed by atoms with Crippen LogP contribution >= 0.6 is 15.9 Å². The summed E-state index contributed by atoms with van der Waals surface area (Å²) < 4.78 is 33.0. The Morgan fingerprint density at radius 1 is 1.45 bits per heavy atom. The molecular weight excluding hydrogens is 346 g/mol. The lowest BCUT2D eigenvalue weighted by Crippen LogP contribution is -2.30. The number of halogens is 1. The molecule has 0 aliphatic carbocycles. The number of rotatable bonds is 8. The van der Waals surface area contributed by atoms with Crippen LogP contribution < -0.4 is 9.46 Å². The van der Waals surface area contributed by atoms with Crippen molar-refractivity contribution in [2.24, 2.45) is 5.92 Å². The highest BCUT2D eigenvalue weighted by Gasteiger charge is 2.21. The zero-order valence-electron chi connectivity index (χ0n) is 11.6. The molecular formula is C13H20BrNO4S. The number of ether oxygens (including phenoxy) is 1. The first-order valence-corrected chi connectivity index (χ1v) is 8.66.